The van der Waals surface area contributed by atoms with E-state index in [0.717, 1.165) is 31.2 Å². The lowest BCUT2D eigenvalue weighted by molar-refractivity contribution is -0.137. The highest BCUT2D eigenvalue weighted by Crippen LogP contribution is 2.40. The maximum atomic E-state index is 13.6. The third-order valence-electron chi connectivity index (χ3n) is 6.20. The fourth-order valence-corrected chi connectivity index (χ4v) is 4.54. The lowest BCUT2D eigenvalue weighted by Crippen LogP contribution is -2.70. The summed E-state index contributed by atoms with van der Waals surface area (Å²) in [5, 5.41) is 5.94. The van der Waals surface area contributed by atoms with E-state index in [9.17, 15) is 14.4 Å². The average molecular weight is 432 g/mol. The standard InChI is InChI=1S/C26H29N3O3/c1-19(30)27-22-12-14-23(15-13-22)29-24(31)18-26(29,17-16-20-8-4-2-5-9-20)25(32)28-21-10-6-3-7-11-21/h2,4-5,8-9,12-17,21H,3,6-7,10-11,18H2,1H3,(H,27,30)(H,28,32)/b17-16+/t26-/m1/s1. The molecule has 1 saturated carbocycles. The molecule has 0 aromatic heterocycles. The van der Waals surface area contributed by atoms with E-state index in [0.29, 0.717) is 11.4 Å². The van der Waals surface area contributed by atoms with E-state index in [-0.39, 0.29) is 30.2 Å². The molecule has 0 spiro atoms. The number of hydrogen-bond acceptors (Lipinski definition) is 3. The van der Waals surface area contributed by atoms with Crippen molar-refractivity contribution in [3.63, 3.8) is 0 Å². The minimum Gasteiger partial charge on any atom is -0.351 e. The number of benzene rings is 2. The minimum absolute atomic E-state index is 0.103. The Hall–Kier alpha value is -3.41. The van der Waals surface area contributed by atoms with Gasteiger partial charge in [0, 0.05) is 24.3 Å². The van der Waals surface area contributed by atoms with Crippen LogP contribution >= 0.6 is 0 Å². The van der Waals surface area contributed by atoms with Gasteiger partial charge in [0.25, 0.3) is 5.91 Å². The number of anilines is 2. The van der Waals surface area contributed by atoms with Gasteiger partial charge in [-0.3, -0.25) is 19.3 Å². The Balaban J connectivity index is 1.64. The lowest BCUT2D eigenvalue weighted by Gasteiger charge is -2.49. The molecule has 0 bridgehead atoms. The summed E-state index contributed by atoms with van der Waals surface area (Å²) >= 11 is 0. The Morgan fingerprint density at radius 2 is 1.69 bits per heavy atom. The van der Waals surface area contributed by atoms with Crippen LogP contribution in [-0.4, -0.2) is 29.3 Å². The number of carbonyl (C=O) groups excluding carboxylic acids is 3. The molecule has 2 N–H and O–H groups in total. The Morgan fingerprint density at radius 3 is 2.31 bits per heavy atom. The van der Waals surface area contributed by atoms with Crippen molar-refractivity contribution in [2.24, 2.45) is 0 Å². The van der Waals surface area contributed by atoms with E-state index in [1.165, 1.54) is 13.3 Å². The van der Waals surface area contributed by atoms with Crippen LogP contribution in [0.1, 0.15) is 51.0 Å². The van der Waals surface area contributed by atoms with Gasteiger partial charge in [-0.1, -0.05) is 55.7 Å². The molecule has 3 amide bonds. The molecule has 1 aliphatic carbocycles. The molecular formula is C26H29N3O3. The normalized spacial score (nSPS) is 21.3. The quantitative estimate of drug-likeness (QED) is 0.670. The fraction of sp³-hybridized carbons (Fsp3) is 0.346. The summed E-state index contributed by atoms with van der Waals surface area (Å²) in [6.07, 6.45) is 9.28. The zero-order valence-electron chi connectivity index (χ0n) is 18.3. The second-order valence-electron chi connectivity index (χ2n) is 8.61. The monoisotopic (exact) mass is 431 g/mol. The van der Waals surface area contributed by atoms with Crippen LogP contribution in [0.3, 0.4) is 0 Å². The Labute approximate surface area is 188 Å². The van der Waals surface area contributed by atoms with Crippen LogP contribution in [0.25, 0.3) is 6.08 Å². The molecule has 1 atom stereocenters. The summed E-state index contributed by atoms with van der Waals surface area (Å²) in [4.78, 5) is 39.2. The van der Waals surface area contributed by atoms with Crippen molar-refractivity contribution in [1.29, 1.82) is 0 Å². The topological polar surface area (TPSA) is 78.5 Å². The van der Waals surface area contributed by atoms with Crippen molar-refractivity contribution in [1.82, 2.24) is 5.32 Å². The number of nitrogens with one attached hydrogen (secondary N) is 2. The van der Waals surface area contributed by atoms with Crippen LogP contribution in [0.5, 0.6) is 0 Å². The van der Waals surface area contributed by atoms with Crippen LogP contribution in [-0.2, 0) is 14.4 Å². The molecule has 0 unspecified atom stereocenters. The number of β-lactam (4-membered cyclic amide) rings is 1. The van der Waals surface area contributed by atoms with Gasteiger partial charge < -0.3 is 10.6 Å². The molecule has 1 saturated heterocycles. The van der Waals surface area contributed by atoms with E-state index in [1.54, 1.807) is 29.2 Å². The SMILES string of the molecule is CC(=O)Nc1ccc(N2C(=O)C[C@]2(/C=C/c2ccccc2)C(=O)NC2CCCCC2)cc1. The smallest absolute Gasteiger partial charge is 0.251 e. The number of rotatable bonds is 6. The van der Waals surface area contributed by atoms with Gasteiger partial charge in [-0.05, 0) is 48.7 Å². The number of hydrogen-bond donors (Lipinski definition) is 2. The maximum Gasteiger partial charge on any atom is 0.251 e. The summed E-state index contributed by atoms with van der Waals surface area (Å²) in [5.74, 6) is -0.402. The van der Waals surface area contributed by atoms with Crippen LogP contribution in [0.15, 0.2) is 60.7 Å². The molecule has 1 heterocycles. The summed E-state index contributed by atoms with van der Waals surface area (Å²) in [6.45, 7) is 1.45. The van der Waals surface area contributed by atoms with Crippen LogP contribution < -0.4 is 15.5 Å². The second kappa shape index (κ2) is 9.39. The van der Waals surface area contributed by atoms with Crippen molar-refractivity contribution < 1.29 is 14.4 Å². The van der Waals surface area contributed by atoms with Gasteiger partial charge in [0.05, 0.1) is 6.42 Å². The van der Waals surface area contributed by atoms with Gasteiger partial charge in [0.1, 0.15) is 0 Å². The largest absolute Gasteiger partial charge is 0.351 e. The average Bonchev–Trinajstić information content (AvgIpc) is 2.78. The van der Waals surface area contributed by atoms with E-state index in [1.807, 2.05) is 42.5 Å². The van der Waals surface area contributed by atoms with Gasteiger partial charge in [-0.2, -0.15) is 0 Å². The summed E-state index contributed by atoms with van der Waals surface area (Å²) in [7, 11) is 0. The number of carbonyl (C=O) groups is 3. The minimum atomic E-state index is -1.07. The van der Waals surface area contributed by atoms with Gasteiger partial charge in [-0.15, -0.1) is 0 Å². The molecule has 166 valence electrons. The van der Waals surface area contributed by atoms with Crippen molar-refractivity contribution in [2.75, 3.05) is 10.2 Å². The van der Waals surface area contributed by atoms with Crippen LogP contribution in [0.2, 0.25) is 0 Å². The molecule has 32 heavy (non-hydrogen) atoms. The van der Waals surface area contributed by atoms with Crippen LogP contribution in [0, 0.1) is 0 Å². The van der Waals surface area contributed by atoms with Gasteiger partial charge in [-0.25, -0.2) is 0 Å². The predicted molar refractivity (Wildman–Crippen MR) is 126 cm³/mol. The molecule has 6 heteroatoms. The number of amides is 3. The molecule has 6 nitrogen and oxygen atoms in total. The summed E-state index contributed by atoms with van der Waals surface area (Å²) in [5.41, 5.74) is 1.18. The van der Waals surface area contributed by atoms with Crippen molar-refractivity contribution in [3.05, 3.63) is 66.2 Å². The van der Waals surface area contributed by atoms with Gasteiger partial charge >= 0.3 is 0 Å². The van der Waals surface area contributed by atoms with E-state index < -0.39 is 5.54 Å². The molecule has 2 fully saturated rings. The Kier molecular flexibility index (Phi) is 6.40. The zero-order valence-corrected chi connectivity index (χ0v) is 18.3. The van der Waals surface area contributed by atoms with E-state index >= 15 is 0 Å². The molecule has 2 aromatic carbocycles. The molecule has 0 radical (unpaired) electrons. The van der Waals surface area contributed by atoms with E-state index in [2.05, 4.69) is 10.6 Å². The Bertz CT molecular complexity index is 1010. The highest BCUT2D eigenvalue weighted by Gasteiger charge is 2.55. The van der Waals surface area contributed by atoms with Crippen molar-refractivity contribution in [3.8, 4) is 0 Å². The zero-order chi connectivity index (χ0) is 22.6. The van der Waals surface area contributed by atoms with Crippen molar-refractivity contribution in [2.45, 2.75) is 57.0 Å². The Morgan fingerprint density at radius 1 is 1.00 bits per heavy atom. The van der Waals surface area contributed by atoms with Crippen LogP contribution in [0.4, 0.5) is 11.4 Å². The maximum absolute atomic E-state index is 13.6. The highest BCUT2D eigenvalue weighted by atomic mass is 16.2. The second-order valence-corrected chi connectivity index (χ2v) is 8.61. The van der Waals surface area contributed by atoms with Gasteiger partial charge in [0.15, 0.2) is 5.54 Å². The van der Waals surface area contributed by atoms with E-state index in [4.69, 9.17) is 0 Å². The molecule has 2 aromatic rings. The lowest BCUT2D eigenvalue weighted by atomic mass is 9.80. The molecule has 4 rings (SSSR count). The molecular weight excluding hydrogens is 402 g/mol. The first-order valence-electron chi connectivity index (χ1n) is 11.2. The first kappa shape index (κ1) is 21.8. The third kappa shape index (κ3) is 4.59. The highest BCUT2D eigenvalue weighted by molar-refractivity contribution is 6.15. The summed E-state index contributed by atoms with van der Waals surface area (Å²) < 4.78 is 0. The first-order chi connectivity index (χ1) is 15.5. The predicted octanol–water partition coefficient (Wildman–Crippen LogP) is 4.28. The fourth-order valence-electron chi connectivity index (χ4n) is 4.54. The van der Waals surface area contributed by atoms with Gasteiger partial charge in [0.2, 0.25) is 11.8 Å². The molecule has 2 aliphatic rings. The molecule has 1 aliphatic heterocycles. The van der Waals surface area contributed by atoms with Crippen molar-refractivity contribution >= 4 is 35.2 Å². The third-order valence-corrected chi connectivity index (χ3v) is 6.20. The summed E-state index contributed by atoms with van der Waals surface area (Å²) in [6, 6.07) is 16.9. The first-order valence-corrected chi connectivity index (χ1v) is 11.2. The number of nitrogens with zero attached hydrogens (tertiary/aromatic N) is 1.